The van der Waals surface area contributed by atoms with Gasteiger partial charge in [0.2, 0.25) is 5.89 Å². The summed E-state index contributed by atoms with van der Waals surface area (Å²) >= 11 is 0. The van der Waals surface area contributed by atoms with Crippen molar-refractivity contribution in [1.82, 2.24) is 15.0 Å². The molecule has 1 aliphatic rings. The van der Waals surface area contributed by atoms with E-state index in [2.05, 4.69) is 59.2 Å². The normalized spacial score (nSPS) is 15.8. The van der Waals surface area contributed by atoms with Crippen LogP contribution >= 0.6 is 0 Å². The molecule has 6 heteroatoms. The summed E-state index contributed by atoms with van der Waals surface area (Å²) < 4.78 is 17.0. The fourth-order valence-corrected chi connectivity index (χ4v) is 3.93. The lowest BCUT2D eigenvalue weighted by Gasteiger charge is -2.35. The molecule has 0 fully saturated rings. The van der Waals surface area contributed by atoms with E-state index in [1.54, 1.807) is 7.11 Å². The molecule has 30 heavy (non-hydrogen) atoms. The van der Waals surface area contributed by atoms with Crippen LogP contribution in [-0.2, 0) is 19.5 Å². The van der Waals surface area contributed by atoms with Gasteiger partial charge in [0.1, 0.15) is 11.5 Å². The molecule has 1 unspecified atom stereocenters. The number of hydrogen-bond donors (Lipinski definition) is 0. The highest BCUT2D eigenvalue weighted by atomic mass is 16.5. The highest BCUT2D eigenvalue weighted by Crippen LogP contribution is 2.39. The molecule has 2 heterocycles. The molecule has 3 aromatic rings. The third-order valence-electron chi connectivity index (χ3n) is 5.33. The number of ether oxygens (including phenoxy) is 2. The standard InChI is InChI=1S/C24H29N3O3/c1-17(2)13-23-25-24(30-26-23)16-27(15-18-7-5-4-6-8-18)21-11-12-29-22-10-9-19(28-3)14-20(21)22/h4-10,14,17,21H,11-13,15-16H2,1-3H3. The Hall–Kier alpha value is -2.86. The summed E-state index contributed by atoms with van der Waals surface area (Å²) in [6.07, 6.45) is 1.71. The molecule has 1 aromatic heterocycles. The van der Waals surface area contributed by atoms with Crippen LogP contribution in [0.25, 0.3) is 0 Å². The van der Waals surface area contributed by atoms with Crippen LogP contribution in [0.15, 0.2) is 53.1 Å². The van der Waals surface area contributed by atoms with Crippen molar-refractivity contribution in [3.63, 3.8) is 0 Å². The minimum absolute atomic E-state index is 0.171. The second-order valence-electron chi connectivity index (χ2n) is 8.15. The zero-order chi connectivity index (χ0) is 20.9. The van der Waals surface area contributed by atoms with Gasteiger partial charge in [-0.2, -0.15) is 4.98 Å². The maximum absolute atomic E-state index is 5.92. The van der Waals surface area contributed by atoms with Gasteiger partial charge in [-0.05, 0) is 29.7 Å². The van der Waals surface area contributed by atoms with Gasteiger partial charge < -0.3 is 14.0 Å². The summed E-state index contributed by atoms with van der Waals surface area (Å²) in [5, 5.41) is 4.18. The monoisotopic (exact) mass is 407 g/mol. The Morgan fingerprint density at radius 3 is 2.73 bits per heavy atom. The molecule has 4 rings (SSSR count). The Labute approximate surface area is 177 Å². The van der Waals surface area contributed by atoms with Crippen molar-refractivity contribution in [3.8, 4) is 11.5 Å². The van der Waals surface area contributed by atoms with Crippen LogP contribution in [0.5, 0.6) is 11.5 Å². The Morgan fingerprint density at radius 2 is 1.97 bits per heavy atom. The average Bonchev–Trinajstić information content (AvgIpc) is 3.19. The van der Waals surface area contributed by atoms with Gasteiger partial charge in [0.05, 0.1) is 20.3 Å². The summed E-state index contributed by atoms with van der Waals surface area (Å²) in [5.41, 5.74) is 2.38. The molecular weight excluding hydrogens is 378 g/mol. The first kappa shape index (κ1) is 20.4. The summed E-state index contributed by atoms with van der Waals surface area (Å²) in [7, 11) is 1.69. The van der Waals surface area contributed by atoms with Crippen LogP contribution in [-0.4, -0.2) is 28.8 Å². The SMILES string of the molecule is COc1ccc2c(c1)C(N(Cc1ccccc1)Cc1nc(CC(C)C)no1)CCO2. The molecule has 0 aliphatic carbocycles. The topological polar surface area (TPSA) is 60.6 Å². The highest BCUT2D eigenvalue weighted by molar-refractivity contribution is 5.43. The first-order valence-corrected chi connectivity index (χ1v) is 10.5. The van der Waals surface area contributed by atoms with Gasteiger partial charge in [-0.25, -0.2) is 0 Å². The first-order chi connectivity index (χ1) is 14.6. The lowest BCUT2D eigenvalue weighted by atomic mass is 9.97. The number of rotatable bonds is 8. The second-order valence-corrected chi connectivity index (χ2v) is 8.15. The van der Waals surface area contributed by atoms with E-state index in [0.29, 0.717) is 25.0 Å². The highest BCUT2D eigenvalue weighted by Gasteiger charge is 2.29. The van der Waals surface area contributed by atoms with Crippen LogP contribution in [0.4, 0.5) is 0 Å². The minimum Gasteiger partial charge on any atom is -0.497 e. The molecule has 0 amide bonds. The zero-order valence-corrected chi connectivity index (χ0v) is 17.9. The van der Waals surface area contributed by atoms with Gasteiger partial charge in [-0.3, -0.25) is 4.90 Å². The molecule has 1 atom stereocenters. The van der Waals surface area contributed by atoms with Gasteiger partial charge in [0.25, 0.3) is 0 Å². The molecule has 0 saturated carbocycles. The van der Waals surface area contributed by atoms with Crippen molar-refractivity contribution < 1.29 is 14.0 Å². The Morgan fingerprint density at radius 1 is 1.13 bits per heavy atom. The van der Waals surface area contributed by atoms with Crippen LogP contribution in [0.2, 0.25) is 0 Å². The maximum Gasteiger partial charge on any atom is 0.240 e. The van der Waals surface area contributed by atoms with E-state index < -0.39 is 0 Å². The second kappa shape index (κ2) is 9.30. The van der Waals surface area contributed by atoms with E-state index in [9.17, 15) is 0 Å². The number of hydrogen-bond acceptors (Lipinski definition) is 6. The molecule has 1 aliphatic heterocycles. The molecule has 0 bridgehead atoms. The van der Waals surface area contributed by atoms with Crippen molar-refractivity contribution in [2.45, 2.75) is 45.8 Å². The van der Waals surface area contributed by atoms with Gasteiger partial charge in [0.15, 0.2) is 5.82 Å². The third kappa shape index (κ3) is 4.82. The Balaban J connectivity index is 1.63. The average molecular weight is 408 g/mol. The third-order valence-corrected chi connectivity index (χ3v) is 5.33. The van der Waals surface area contributed by atoms with Gasteiger partial charge in [0, 0.05) is 31.0 Å². The lowest BCUT2D eigenvalue weighted by Crippen LogP contribution is -2.32. The van der Waals surface area contributed by atoms with E-state index in [0.717, 1.165) is 42.3 Å². The molecular formula is C24H29N3O3. The maximum atomic E-state index is 5.92. The van der Waals surface area contributed by atoms with Crippen molar-refractivity contribution in [2.24, 2.45) is 5.92 Å². The largest absolute Gasteiger partial charge is 0.497 e. The smallest absolute Gasteiger partial charge is 0.240 e. The van der Waals surface area contributed by atoms with Crippen LogP contribution in [0.1, 0.15) is 49.2 Å². The number of aromatic nitrogens is 2. The van der Waals surface area contributed by atoms with E-state index in [4.69, 9.17) is 14.0 Å². The minimum atomic E-state index is 0.171. The first-order valence-electron chi connectivity index (χ1n) is 10.5. The molecule has 2 aromatic carbocycles. The lowest BCUT2D eigenvalue weighted by molar-refractivity contribution is 0.113. The number of benzene rings is 2. The summed E-state index contributed by atoms with van der Waals surface area (Å²) in [6.45, 7) is 6.36. The van der Waals surface area contributed by atoms with Gasteiger partial charge >= 0.3 is 0 Å². The van der Waals surface area contributed by atoms with Gasteiger partial charge in [-0.15, -0.1) is 0 Å². The van der Waals surface area contributed by atoms with E-state index in [1.807, 2.05) is 18.2 Å². The van der Waals surface area contributed by atoms with E-state index in [-0.39, 0.29) is 6.04 Å². The van der Waals surface area contributed by atoms with E-state index >= 15 is 0 Å². The molecule has 158 valence electrons. The van der Waals surface area contributed by atoms with Crippen molar-refractivity contribution in [1.29, 1.82) is 0 Å². The quantitative estimate of drug-likeness (QED) is 0.534. The summed E-state index contributed by atoms with van der Waals surface area (Å²) in [4.78, 5) is 7.03. The zero-order valence-electron chi connectivity index (χ0n) is 17.9. The molecule has 0 N–H and O–H groups in total. The molecule has 0 saturated heterocycles. The van der Waals surface area contributed by atoms with Crippen molar-refractivity contribution in [2.75, 3.05) is 13.7 Å². The fraction of sp³-hybridized carbons (Fsp3) is 0.417. The van der Waals surface area contributed by atoms with Crippen LogP contribution in [0.3, 0.4) is 0 Å². The molecule has 6 nitrogen and oxygen atoms in total. The summed E-state index contributed by atoms with van der Waals surface area (Å²) in [5.74, 6) is 3.66. The van der Waals surface area contributed by atoms with E-state index in [1.165, 1.54) is 5.56 Å². The summed E-state index contributed by atoms with van der Waals surface area (Å²) in [6, 6.07) is 16.7. The molecule has 0 spiro atoms. The predicted octanol–water partition coefficient (Wildman–Crippen LogP) is 4.80. The van der Waals surface area contributed by atoms with Crippen molar-refractivity contribution in [3.05, 3.63) is 71.4 Å². The van der Waals surface area contributed by atoms with Crippen molar-refractivity contribution >= 4 is 0 Å². The van der Waals surface area contributed by atoms with Crippen LogP contribution < -0.4 is 9.47 Å². The number of methoxy groups -OCH3 is 1. The Kier molecular flexibility index (Phi) is 6.33. The van der Waals surface area contributed by atoms with Crippen LogP contribution in [0, 0.1) is 5.92 Å². The number of fused-ring (bicyclic) bond motifs is 1. The van der Waals surface area contributed by atoms with Gasteiger partial charge in [-0.1, -0.05) is 49.3 Å². The number of nitrogens with zero attached hydrogens (tertiary/aromatic N) is 3. The molecule has 0 radical (unpaired) electrons. The predicted molar refractivity (Wildman–Crippen MR) is 114 cm³/mol. The fourth-order valence-electron chi connectivity index (χ4n) is 3.93. The Bertz CT molecular complexity index is 955.